The average molecular weight is 218 g/mol. The molecule has 1 amide bonds. The van der Waals surface area contributed by atoms with Gasteiger partial charge in [0.2, 0.25) is 5.91 Å². The molecule has 1 rings (SSSR count). The molecule has 2 nitrogen and oxygen atoms in total. The van der Waals surface area contributed by atoms with Gasteiger partial charge in [0.15, 0.2) is 0 Å². The lowest BCUT2D eigenvalue weighted by Gasteiger charge is -2.13. The van der Waals surface area contributed by atoms with Crippen LogP contribution in [0.2, 0.25) is 4.34 Å². The summed E-state index contributed by atoms with van der Waals surface area (Å²) in [5, 5.41) is 1.92. The van der Waals surface area contributed by atoms with Crippen LogP contribution >= 0.6 is 22.9 Å². The summed E-state index contributed by atoms with van der Waals surface area (Å²) >= 11 is 7.21. The molecule has 0 radical (unpaired) electrons. The lowest BCUT2D eigenvalue weighted by atomic mass is 10.2. The molecule has 4 heteroatoms. The maximum atomic E-state index is 11.4. The van der Waals surface area contributed by atoms with Crippen molar-refractivity contribution in [2.24, 2.45) is 0 Å². The molecule has 1 aromatic rings. The summed E-state index contributed by atoms with van der Waals surface area (Å²) in [6.45, 7) is 2.70. The first-order valence-corrected chi connectivity index (χ1v) is 5.36. The smallest absolute Gasteiger partial charge is 0.226 e. The Morgan fingerprint density at radius 3 is 2.85 bits per heavy atom. The lowest BCUT2D eigenvalue weighted by Crippen LogP contribution is -2.27. The van der Waals surface area contributed by atoms with E-state index in [0.29, 0.717) is 6.42 Å². The molecule has 0 spiro atoms. The first kappa shape index (κ1) is 10.5. The summed E-state index contributed by atoms with van der Waals surface area (Å²) in [4.78, 5) is 13.1. The van der Waals surface area contributed by atoms with Gasteiger partial charge in [-0.05, 0) is 23.9 Å². The summed E-state index contributed by atoms with van der Waals surface area (Å²) in [7, 11) is 1.80. The van der Waals surface area contributed by atoms with Gasteiger partial charge in [-0.2, -0.15) is 0 Å². The predicted molar refractivity (Wildman–Crippen MR) is 56.3 cm³/mol. The third-order valence-corrected chi connectivity index (χ3v) is 3.02. The van der Waals surface area contributed by atoms with Crippen molar-refractivity contribution in [2.45, 2.75) is 13.3 Å². The van der Waals surface area contributed by atoms with Gasteiger partial charge in [0.25, 0.3) is 0 Å². The third-order valence-electron chi connectivity index (χ3n) is 1.88. The van der Waals surface area contributed by atoms with Crippen molar-refractivity contribution < 1.29 is 4.79 Å². The van der Waals surface area contributed by atoms with Crippen LogP contribution in [0.25, 0.3) is 0 Å². The van der Waals surface area contributed by atoms with E-state index < -0.39 is 0 Å². The molecule has 0 aliphatic carbocycles. The third kappa shape index (κ3) is 3.01. The van der Waals surface area contributed by atoms with E-state index in [0.717, 1.165) is 16.4 Å². The molecule has 0 saturated heterocycles. The monoisotopic (exact) mass is 217 g/mol. The Morgan fingerprint density at radius 2 is 2.38 bits per heavy atom. The first-order chi connectivity index (χ1) is 6.13. The fraction of sp³-hybridized carbons (Fsp3) is 0.444. The molecule has 1 heterocycles. The minimum atomic E-state index is 0.136. The molecule has 13 heavy (non-hydrogen) atoms. The molecule has 0 atom stereocenters. The van der Waals surface area contributed by atoms with Crippen LogP contribution in [-0.2, 0) is 11.2 Å². The molecule has 0 saturated carbocycles. The Bertz CT molecular complexity index is 298. The van der Waals surface area contributed by atoms with E-state index in [-0.39, 0.29) is 5.91 Å². The highest BCUT2D eigenvalue weighted by molar-refractivity contribution is 7.14. The Balaban J connectivity index is 2.54. The van der Waals surface area contributed by atoms with Crippen LogP contribution in [-0.4, -0.2) is 24.4 Å². The summed E-state index contributed by atoms with van der Waals surface area (Å²) in [6, 6.07) is 1.84. The number of thiophene rings is 1. The highest BCUT2D eigenvalue weighted by Crippen LogP contribution is 2.20. The van der Waals surface area contributed by atoms with Crippen molar-refractivity contribution in [3.05, 3.63) is 21.3 Å². The molecular weight excluding hydrogens is 206 g/mol. The molecular formula is C9H12ClNOS. The summed E-state index contributed by atoms with van der Waals surface area (Å²) in [5.74, 6) is 0.136. The largest absolute Gasteiger partial charge is 0.346 e. The van der Waals surface area contributed by atoms with E-state index in [1.807, 2.05) is 18.4 Å². The Kier molecular flexibility index (Phi) is 3.75. The standard InChI is InChI=1S/C9H12ClNOS/c1-3-11(2)9(12)5-7-4-8(10)13-6-7/h4,6H,3,5H2,1-2H3. The highest BCUT2D eigenvalue weighted by atomic mass is 35.5. The van der Waals surface area contributed by atoms with Crippen molar-refractivity contribution in [1.82, 2.24) is 4.90 Å². The quantitative estimate of drug-likeness (QED) is 0.762. The van der Waals surface area contributed by atoms with Crippen LogP contribution in [0.5, 0.6) is 0 Å². The van der Waals surface area contributed by atoms with Gasteiger partial charge in [-0.3, -0.25) is 4.79 Å². The van der Waals surface area contributed by atoms with Crippen molar-refractivity contribution in [2.75, 3.05) is 13.6 Å². The number of amides is 1. The fourth-order valence-corrected chi connectivity index (χ4v) is 1.83. The van der Waals surface area contributed by atoms with Gasteiger partial charge < -0.3 is 4.90 Å². The molecule has 1 aromatic heterocycles. The van der Waals surface area contributed by atoms with E-state index in [4.69, 9.17) is 11.6 Å². The second-order valence-electron chi connectivity index (χ2n) is 2.84. The molecule has 0 aromatic carbocycles. The van der Waals surface area contributed by atoms with Crippen molar-refractivity contribution >= 4 is 28.8 Å². The van der Waals surface area contributed by atoms with Gasteiger partial charge >= 0.3 is 0 Å². The van der Waals surface area contributed by atoms with Gasteiger partial charge in [-0.15, -0.1) is 11.3 Å². The predicted octanol–water partition coefficient (Wildman–Crippen LogP) is 2.42. The van der Waals surface area contributed by atoms with Gasteiger partial charge in [-0.1, -0.05) is 11.6 Å². The van der Waals surface area contributed by atoms with Gasteiger partial charge in [0.1, 0.15) is 0 Å². The molecule has 0 N–H and O–H groups in total. The number of likely N-dealkylation sites (N-methyl/N-ethyl adjacent to an activating group) is 1. The van der Waals surface area contributed by atoms with E-state index in [9.17, 15) is 4.79 Å². The van der Waals surface area contributed by atoms with Gasteiger partial charge in [-0.25, -0.2) is 0 Å². The number of nitrogens with zero attached hydrogens (tertiary/aromatic N) is 1. The maximum absolute atomic E-state index is 11.4. The molecule has 0 aliphatic rings. The number of rotatable bonds is 3. The van der Waals surface area contributed by atoms with Crippen molar-refractivity contribution in [3.63, 3.8) is 0 Å². The van der Waals surface area contributed by atoms with Crippen LogP contribution in [0.15, 0.2) is 11.4 Å². The Morgan fingerprint density at radius 1 is 1.69 bits per heavy atom. The summed E-state index contributed by atoms with van der Waals surface area (Å²) in [6.07, 6.45) is 0.452. The molecule has 72 valence electrons. The van der Waals surface area contributed by atoms with Crippen LogP contribution in [0.1, 0.15) is 12.5 Å². The van der Waals surface area contributed by atoms with Gasteiger partial charge in [0.05, 0.1) is 10.8 Å². The number of carbonyl (C=O) groups is 1. The topological polar surface area (TPSA) is 20.3 Å². The SMILES string of the molecule is CCN(C)C(=O)Cc1csc(Cl)c1. The van der Waals surface area contributed by atoms with Crippen LogP contribution in [0, 0.1) is 0 Å². The van der Waals surface area contributed by atoms with Crippen molar-refractivity contribution in [3.8, 4) is 0 Å². The number of halogens is 1. The summed E-state index contributed by atoms with van der Waals surface area (Å²) in [5.41, 5.74) is 1.00. The van der Waals surface area contributed by atoms with E-state index >= 15 is 0 Å². The number of hydrogen-bond donors (Lipinski definition) is 0. The number of hydrogen-bond acceptors (Lipinski definition) is 2. The second-order valence-corrected chi connectivity index (χ2v) is 4.39. The maximum Gasteiger partial charge on any atom is 0.226 e. The number of carbonyl (C=O) groups excluding carboxylic acids is 1. The van der Waals surface area contributed by atoms with E-state index in [2.05, 4.69) is 0 Å². The zero-order valence-corrected chi connectivity index (χ0v) is 9.28. The van der Waals surface area contributed by atoms with Crippen LogP contribution in [0.3, 0.4) is 0 Å². The highest BCUT2D eigenvalue weighted by Gasteiger charge is 2.08. The molecule has 0 bridgehead atoms. The van der Waals surface area contributed by atoms with Crippen LogP contribution < -0.4 is 0 Å². The summed E-state index contributed by atoms with van der Waals surface area (Å²) < 4.78 is 0.738. The zero-order chi connectivity index (χ0) is 9.84. The minimum Gasteiger partial charge on any atom is -0.346 e. The first-order valence-electron chi connectivity index (χ1n) is 4.10. The van der Waals surface area contributed by atoms with Gasteiger partial charge in [0, 0.05) is 13.6 Å². The fourth-order valence-electron chi connectivity index (χ4n) is 0.924. The molecule has 0 unspecified atom stereocenters. The minimum absolute atomic E-state index is 0.136. The van der Waals surface area contributed by atoms with Crippen LogP contribution in [0.4, 0.5) is 0 Å². The average Bonchev–Trinajstić information content (AvgIpc) is 2.49. The van der Waals surface area contributed by atoms with E-state index in [1.165, 1.54) is 11.3 Å². The zero-order valence-electron chi connectivity index (χ0n) is 7.71. The second kappa shape index (κ2) is 4.63. The lowest BCUT2D eigenvalue weighted by molar-refractivity contribution is -0.128. The van der Waals surface area contributed by atoms with Crippen molar-refractivity contribution in [1.29, 1.82) is 0 Å². The molecule has 0 aliphatic heterocycles. The molecule has 0 fully saturated rings. The van der Waals surface area contributed by atoms with E-state index in [1.54, 1.807) is 11.9 Å². The normalized spacial score (nSPS) is 10.1. The Hall–Kier alpha value is -0.540. The Labute approximate surface area is 87.1 Å².